The molecule has 1 aliphatic rings. The molecule has 1 atom stereocenters. The van der Waals surface area contributed by atoms with Gasteiger partial charge in [0.2, 0.25) is 5.95 Å². The molecule has 0 amide bonds. The van der Waals surface area contributed by atoms with E-state index >= 15 is 0 Å². The first-order chi connectivity index (χ1) is 7.83. The minimum atomic E-state index is -0.516. The van der Waals surface area contributed by atoms with Gasteiger partial charge >= 0.3 is 0 Å². The van der Waals surface area contributed by atoms with Crippen LogP contribution in [0.3, 0.4) is 0 Å². The van der Waals surface area contributed by atoms with Gasteiger partial charge in [-0.3, -0.25) is 4.99 Å². The Bertz CT molecular complexity index is 390. The number of anilines is 1. The number of aliphatic imine (C=N–C) groups is 1. The molecule has 0 saturated carbocycles. The fourth-order valence-corrected chi connectivity index (χ4v) is 2.96. The van der Waals surface area contributed by atoms with Crippen LogP contribution in [0.25, 0.3) is 0 Å². The van der Waals surface area contributed by atoms with E-state index in [1.807, 2.05) is 11.8 Å². The monoisotopic (exact) mass is 240 g/mol. The van der Waals surface area contributed by atoms with Crippen LogP contribution in [-0.4, -0.2) is 29.1 Å². The van der Waals surface area contributed by atoms with Crippen LogP contribution in [-0.2, 0) is 0 Å². The Morgan fingerprint density at radius 1 is 1.62 bits per heavy atom. The molecule has 1 aliphatic heterocycles. The Labute approximate surface area is 97.8 Å². The lowest BCUT2D eigenvalue weighted by Crippen LogP contribution is -2.07. The number of rotatable bonds is 3. The van der Waals surface area contributed by atoms with E-state index in [0.717, 1.165) is 24.3 Å². The number of halogens is 1. The van der Waals surface area contributed by atoms with E-state index in [-0.39, 0.29) is 5.25 Å². The van der Waals surface area contributed by atoms with Crippen LogP contribution in [0.1, 0.15) is 23.8 Å². The quantitative estimate of drug-likeness (QED) is 0.500. The molecule has 0 aliphatic carbocycles. The van der Waals surface area contributed by atoms with E-state index in [0.29, 0.717) is 5.69 Å². The molecule has 2 heterocycles. The number of nitrogens with one attached hydrogen (secondary N) is 1. The summed E-state index contributed by atoms with van der Waals surface area (Å²) >= 11 is 1.81. The molecule has 1 aromatic rings. The maximum absolute atomic E-state index is 13.5. The molecule has 1 fully saturated rings. The van der Waals surface area contributed by atoms with Crippen LogP contribution in [0.5, 0.6) is 0 Å². The third kappa shape index (κ3) is 2.32. The molecule has 1 unspecified atom stereocenters. The van der Waals surface area contributed by atoms with Crippen molar-refractivity contribution < 1.29 is 4.39 Å². The maximum atomic E-state index is 13.5. The van der Waals surface area contributed by atoms with Crippen molar-refractivity contribution in [2.75, 3.05) is 18.1 Å². The van der Waals surface area contributed by atoms with Gasteiger partial charge in [0.1, 0.15) is 12.0 Å². The highest BCUT2D eigenvalue weighted by atomic mass is 32.2. The van der Waals surface area contributed by atoms with Crippen LogP contribution in [0.2, 0.25) is 0 Å². The first-order valence-corrected chi connectivity index (χ1v) is 6.17. The second-order valence-electron chi connectivity index (χ2n) is 3.46. The summed E-state index contributed by atoms with van der Waals surface area (Å²) in [6.07, 6.45) is 4.92. The average Bonchev–Trinajstić information content (AvgIpc) is 2.80. The summed E-state index contributed by atoms with van der Waals surface area (Å²) in [5, 5.41) is 3.07. The van der Waals surface area contributed by atoms with E-state index < -0.39 is 5.95 Å². The lowest BCUT2D eigenvalue weighted by atomic mass is 10.1. The highest BCUT2D eigenvalue weighted by Gasteiger charge is 2.23. The van der Waals surface area contributed by atoms with Crippen molar-refractivity contribution in [1.29, 1.82) is 0 Å². The van der Waals surface area contributed by atoms with Gasteiger partial charge in [0, 0.05) is 12.3 Å². The highest BCUT2D eigenvalue weighted by Crippen LogP contribution is 2.41. The van der Waals surface area contributed by atoms with Gasteiger partial charge in [-0.15, -0.1) is 0 Å². The Balaban J connectivity index is 2.30. The molecule has 1 N–H and O–H groups in total. The molecule has 0 aromatic carbocycles. The minimum absolute atomic E-state index is 0.269. The minimum Gasteiger partial charge on any atom is -0.341 e. The second-order valence-corrected chi connectivity index (χ2v) is 4.77. The van der Waals surface area contributed by atoms with Gasteiger partial charge in [-0.1, -0.05) is 0 Å². The summed E-state index contributed by atoms with van der Waals surface area (Å²) in [7, 11) is 1.62. The number of aromatic nitrogens is 2. The fourth-order valence-electron chi connectivity index (χ4n) is 1.68. The van der Waals surface area contributed by atoms with Crippen LogP contribution in [0.15, 0.2) is 11.3 Å². The van der Waals surface area contributed by atoms with E-state index in [4.69, 9.17) is 0 Å². The molecule has 4 nitrogen and oxygen atoms in total. The van der Waals surface area contributed by atoms with Crippen molar-refractivity contribution in [1.82, 2.24) is 9.97 Å². The molecule has 0 spiro atoms. The summed E-state index contributed by atoms with van der Waals surface area (Å²) in [6, 6.07) is 0. The van der Waals surface area contributed by atoms with Crippen molar-refractivity contribution in [2.24, 2.45) is 4.99 Å². The summed E-state index contributed by atoms with van der Waals surface area (Å²) in [4.78, 5) is 11.5. The SMILES string of the molecule is CN=CNc1c(F)ncnc1C1CCCS1. The van der Waals surface area contributed by atoms with Gasteiger partial charge in [-0.2, -0.15) is 16.2 Å². The smallest absolute Gasteiger partial charge is 0.240 e. The van der Waals surface area contributed by atoms with Gasteiger partial charge in [-0.25, -0.2) is 9.97 Å². The molecule has 1 saturated heterocycles. The van der Waals surface area contributed by atoms with Crippen molar-refractivity contribution in [3.8, 4) is 0 Å². The van der Waals surface area contributed by atoms with Gasteiger partial charge in [0.25, 0.3) is 0 Å². The van der Waals surface area contributed by atoms with Crippen LogP contribution >= 0.6 is 11.8 Å². The van der Waals surface area contributed by atoms with Crippen molar-refractivity contribution >= 4 is 23.8 Å². The predicted octanol–water partition coefficient (Wildman–Crippen LogP) is 2.25. The van der Waals surface area contributed by atoms with Gasteiger partial charge < -0.3 is 5.32 Å². The molecule has 1 aromatic heterocycles. The zero-order chi connectivity index (χ0) is 11.4. The summed E-state index contributed by atoms with van der Waals surface area (Å²) in [5.41, 5.74) is 1.10. The van der Waals surface area contributed by atoms with Crippen molar-refractivity contribution in [3.63, 3.8) is 0 Å². The molecule has 86 valence electrons. The van der Waals surface area contributed by atoms with E-state index in [1.54, 1.807) is 7.05 Å². The summed E-state index contributed by atoms with van der Waals surface area (Å²) < 4.78 is 13.5. The standard InChI is InChI=1S/C10H13FN4S/c1-12-5-13-9-8(7-3-2-4-16-7)14-6-15-10(9)11/h5-7H,2-4H2,1H3,(H,12,13). The largest absolute Gasteiger partial charge is 0.341 e. The Kier molecular flexibility index (Phi) is 3.71. The summed E-state index contributed by atoms with van der Waals surface area (Å²) in [5.74, 6) is 0.592. The molecule has 0 bridgehead atoms. The molecular weight excluding hydrogens is 227 g/mol. The topological polar surface area (TPSA) is 50.2 Å². The number of hydrogen-bond acceptors (Lipinski definition) is 4. The van der Waals surface area contributed by atoms with Gasteiger partial charge in [0.15, 0.2) is 0 Å². The Morgan fingerprint density at radius 2 is 2.50 bits per heavy atom. The van der Waals surface area contributed by atoms with Crippen LogP contribution < -0.4 is 5.32 Å². The van der Waals surface area contributed by atoms with E-state index in [2.05, 4.69) is 20.3 Å². The lowest BCUT2D eigenvalue weighted by Gasteiger charge is -2.12. The zero-order valence-corrected chi connectivity index (χ0v) is 9.80. The normalized spacial score (nSPS) is 20.5. The second kappa shape index (κ2) is 5.25. The highest BCUT2D eigenvalue weighted by molar-refractivity contribution is 7.99. The van der Waals surface area contributed by atoms with E-state index in [1.165, 1.54) is 12.7 Å². The third-order valence-electron chi connectivity index (χ3n) is 2.40. The number of nitrogens with zero attached hydrogens (tertiary/aromatic N) is 3. The first kappa shape index (κ1) is 11.3. The molecule has 2 rings (SSSR count). The van der Waals surface area contributed by atoms with Gasteiger partial charge in [0.05, 0.1) is 12.0 Å². The van der Waals surface area contributed by atoms with Crippen LogP contribution in [0, 0.1) is 5.95 Å². The molecule has 16 heavy (non-hydrogen) atoms. The van der Waals surface area contributed by atoms with Crippen LogP contribution in [0.4, 0.5) is 10.1 Å². The molecule has 6 heteroatoms. The molecule has 0 radical (unpaired) electrons. The number of thioether (sulfide) groups is 1. The zero-order valence-electron chi connectivity index (χ0n) is 8.98. The fraction of sp³-hybridized carbons (Fsp3) is 0.500. The lowest BCUT2D eigenvalue weighted by molar-refractivity contribution is 0.579. The Hall–Kier alpha value is -1.17. The first-order valence-electron chi connectivity index (χ1n) is 5.12. The van der Waals surface area contributed by atoms with E-state index in [9.17, 15) is 4.39 Å². The van der Waals surface area contributed by atoms with Crippen molar-refractivity contribution in [2.45, 2.75) is 18.1 Å². The average molecular weight is 240 g/mol. The Morgan fingerprint density at radius 3 is 3.19 bits per heavy atom. The van der Waals surface area contributed by atoms with Gasteiger partial charge in [-0.05, 0) is 18.6 Å². The predicted molar refractivity (Wildman–Crippen MR) is 64.5 cm³/mol. The maximum Gasteiger partial charge on any atom is 0.240 e. The molecular formula is C10H13FN4S. The van der Waals surface area contributed by atoms with Crippen molar-refractivity contribution in [3.05, 3.63) is 18.0 Å². The summed E-state index contributed by atoms with van der Waals surface area (Å²) in [6.45, 7) is 0. The number of hydrogen-bond donors (Lipinski definition) is 1. The third-order valence-corrected chi connectivity index (χ3v) is 3.79.